The van der Waals surface area contributed by atoms with E-state index < -0.39 is 32.7 Å². The number of hydrogen-bond donors (Lipinski definition) is 5. The first-order valence-electron chi connectivity index (χ1n) is 9.28. The van der Waals surface area contributed by atoms with Gasteiger partial charge in [0, 0.05) is 23.7 Å². The molecule has 4 atom stereocenters. The Kier molecular flexibility index (Phi) is 4.76. The summed E-state index contributed by atoms with van der Waals surface area (Å²) in [5, 5.41) is 19.4. The molecule has 3 fully saturated rings. The van der Waals surface area contributed by atoms with Gasteiger partial charge in [-0.15, -0.1) is 4.73 Å². The fourth-order valence-corrected chi connectivity index (χ4v) is 5.32. The Morgan fingerprint density at radius 3 is 2.68 bits per heavy atom. The molecule has 1 aliphatic heterocycles. The zero-order valence-corrected chi connectivity index (χ0v) is 15.9. The standard InChI is InChI=1S/C17H23N3O7S/c21-15-8-14(28(24,25)26)17(23)20(15)27-16(22)5-4-12-11-6-9-2-1-3-10(9)7-13(11)19-18-12/h4,8-11,13,18-19,21,23H,1-3,5-7H2,(H,24,25,26). The van der Waals surface area contributed by atoms with Gasteiger partial charge in [0.25, 0.3) is 16.0 Å². The van der Waals surface area contributed by atoms with Gasteiger partial charge in [-0.2, -0.15) is 8.42 Å². The van der Waals surface area contributed by atoms with E-state index in [1.165, 1.54) is 19.3 Å². The molecule has 10 nitrogen and oxygen atoms in total. The van der Waals surface area contributed by atoms with E-state index in [9.17, 15) is 23.4 Å². The molecule has 28 heavy (non-hydrogen) atoms. The number of carbonyl (C=O) groups excluding carboxylic acids is 1. The van der Waals surface area contributed by atoms with E-state index in [-0.39, 0.29) is 11.2 Å². The number of nitrogens with one attached hydrogen (secondary N) is 2. The summed E-state index contributed by atoms with van der Waals surface area (Å²) >= 11 is 0. The molecule has 0 aromatic carbocycles. The number of hydrogen-bond acceptors (Lipinski definition) is 8. The van der Waals surface area contributed by atoms with Crippen LogP contribution < -0.4 is 15.7 Å². The van der Waals surface area contributed by atoms with Crippen LogP contribution in [0, 0.1) is 17.8 Å². The monoisotopic (exact) mass is 413 g/mol. The van der Waals surface area contributed by atoms with Gasteiger partial charge < -0.3 is 20.5 Å². The van der Waals surface area contributed by atoms with Crippen LogP contribution in [0.15, 0.2) is 22.7 Å². The summed E-state index contributed by atoms with van der Waals surface area (Å²) in [6.07, 6.45) is 7.59. The molecule has 1 aromatic rings. The Labute approximate surface area is 161 Å². The van der Waals surface area contributed by atoms with E-state index in [1.807, 2.05) is 0 Å². The topological polar surface area (TPSA) is 150 Å². The predicted molar refractivity (Wildman–Crippen MR) is 95.5 cm³/mol. The molecule has 0 amide bonds. The Morgan fingerprint density at radius 2 is 2.00 bits per heavy atom. The largest absolute Gasteiger partial charge is 0.492 e. The van der Waals surface area contributed by atoms with Crippen LogP contribution in [-0.4, -0.2) is 39.9 Å². The Hall–Kier alpha value is -2.24. The van der Waals surface area contributed by atoms with Gasteiger partial charge in [0.1, 0.15) is 0 Å². The van der Waals surface area contributed by atoms with Gasteiger partial charge in [-0.05, 0) is 24.7 Å². The third-order valence-corrected chi connectivity index (χ3v) is 6.91. The highest BCUT2D eigenvalue weighted by Gasteiger charge is 2.43. The Bertz CT molecular complexity index is 923. The lowest BCUT2D eigenvalue weighted by molar-refractivity contribution is -0.144. The third-order valence-electron chi connectivity index (χ3n) is 6.06. The normalized spacial score (nSPS) is 30.7. The molecule has 154 valence electrons. The molecule has 2 heterocycles. The first-order valence-corrected chi connectivity index (χ1v) is 10.7. The van der Waals surface area contributed by atoms with Crippen LogP contribution in [0.4, 0.5) is 0 Å². The van der Waals surface area contributed by atoms with E-state index >= 15 is 0 Å². The van der Waals surface area contributed by atoms with Gasteiger partial charge in [-0.3, -0.25) is 4.55 Å². The molecule has 4 unspecified atom stereocenters. The van der Waals surface area contributed by atoms with Gasteiger partial charge in [-0.1, -0.05) is 25.3 Å². The molecule has 1 aromatic heterocycles. The molecule has 5 N–H and O–H groups in total. The molecule has 11 heteroatoms. The van der Waals surface area contributed by atoms with Crippen molar-refractivity contribution in [3.05, 3.63) is 17.8 Å². The maximum atomic E-state index is 12.1. The SMILES string of the molecule is O=C(CC=C1NNC2CC3CCCC3CC12)On1c(O)cc(S(=O)(=O)O)c1O. The fraction of sp³-hybridized carbons (Fsp3) is 0.588. The van der Waals surface area contributed by atoms with Gasteiger partial charge in [0.2, 0.25) is 5.88 Å². The van der Waals surface area contributed by atoms with Crippen molar-refractivity contribution in [2.24, 2.45) is 17.8 Å². The first-order chi connectivity index (χ1) is 13.2. The van der Waals surface area contributed by atoms with E-state index in [2.05, 4.69) is 10.9 Å². The highest BCUT2D eigenvalue weighted by molar-refractivity contribution is 7.86. The van der Waals surface area contributed by atoms with Crippen molar-refractivity contribution in [2.45, 2.75) is 49.5 Å². The van der Waals surface area contributed by atoms with Crippen molar-refractivity contribution >= 4 is 16.1 Å². The summed E-state index contributed by atoms with van der Waals surface area (Å²) < 4.78 is 31.5. The summed E-state index contributed by atoms with van der Waals surface area (Å²) in [7, 11) is -4.77. The summed E-state index contributed by atoms with van der Waals surface area (Å²) in [4.78, 5) is 16.0. The minimum Gasteiger partial charge on any atom is -0.492 e. The lowest BCUT2D eigenvalue weighted by Gasteiger charge is -2.33. The number of rotatable bonds is 4. The second-order valence-corrected chi connectivity index (χ2v) is 9.08. The molecule has 0 radical (unpaired) electrons. The van der Waals surface area contributed by atoms with Crippen LogP contribution >= 0.6 is 0 Å². The van der Waals surface area contributed by atoms with Crippen molar-refractivity contribution in [2.75, 3.05) is 0 Å². The minimum absolute atomic E-state index is 0.139. The van der Waals surface area contributed by atoms with Crippen molar-refractivity contribution in [3.8, 4) is 11.8 Å². The summed E-state index contributed by atoms with van der Waals surface area (Å²) in [5.41, 5.74) is 7.35. The maximum Gasteiger partial charge on any atom is 0.337 e. The molecule has 2 saturated carbocycles. The quantitative estimate of drug-likeness (QED) is 0.449. The van der Waals surface area contributed by atoms with Gasteiger partial charge in [0.05, 0.1) is 6.42 Å². The molecule has 1 saturated heterocycles. The summed E-state index contributed by atoms with van der Waals surface area (Å²) in [5.74, 6) is -0.905. The highest BCUT2D eigenvalue weighted by atomic mass is 32.2. The number of aromatic hydroxyl groups is 2. The summed E-state index contributed by atoms with van der Waals surface area (Å²) in [6, 6.07) is 0.931. The van der Waals surface area contributed by atoms with Crippen molar-refractivity contribution in [1.82, 2.24) is 15.6 Å². The van der Waals surface area contributed by atoms with Gasteiger partial charge in [0.15, 0.2) is 4.90 Å². The third kappa shape index (κ3) is 3.45. The zero-order chi connectivity index (χ0) is 20.1. The first kappa shape index (κ1) is 19.1. The lowest BCUT2D eigenvalue weighted by Crippen LogP contribution is -2.38. The maximum absolute atomic E-state index is 12.1. The number of nitrogens with zero attached hydrogens (tertiary/aromatic N) is 1. The molecular formula is C17H23N3O7S. The fourth-order valence-electron chi connectivity index (χ4n) is 4.75. The molecule has 4 rings (SSSR count). The predicted octanol–water partition coefficient (Wildman–Crippen LogP) is 0.678. The average molecular weight is 413 g/mol. The van der Waals surface area contributed by atoms with Crippen molar-refractivity contribution in [1.29, 1.82) is 0 Å². The van der Waals surface area contributed by atoms with Crippen LogP contribution in [-0.2, 0) is 14.9 Å². The highest BCUT2D eigenvalue weighted by Crippen LogP contribution is 2.47. The number of hydrazine groups is 1. The molecule has 3 aliphatic rings. The minimum atomic E-state index is -4.77. The van der Waals surface area contributed by atoms with Gasteiger partial charge >= 0.3 is 5.97 Å². The van der Waals surface area contributed by atoms with E-state index in [0.717, 1.165) is 30.4 Å². The average Bonchev–Trinajstić information content (AvgIpc) is 3.31. The second kappa shape index (κ2) is 6.98. The number of carbonyl (C=O) groups is 1. The smallest absolute Gasteiger partial charge is 0.337 e. The van der Waals surface area contributed by atoms with E-state index in [0.29, 0.717) is 18.0 Å². The summed E-state index contributed by atoms with van der Waals surface area (Å²) in [6.45, 7) is 0. The van der Waals surface area contributed by atoms with Crippen molar-refractivity contribution in [3.63, 3.8) is 0 Å². The number of aromatic nitrogens is 1. The van der Waals surface area contributed by atoms with Crippen molar-refractivity contribution < 1.29 is 32.8 Å². The molecule has 0 spiro atoms. The van der Waals surface area contributed by atoms with Crippen LogP contribution in [0.5, 0.6) is 11.8 Å². The van der Waals surface area contributed by atoms with E-state index in [4.69, 9.17) is 9.39 Å². The Balaban J connectivity index is 1.42. The van der Waals surface area contributed by atoms with Gasteiger partial charge in [-0.25, -0.2) is 10.2 Å². The van der Waals surface area contributed by atoms with Crippen LogP contribution in [0.3, 0.4) is 0 Å². The van der Waals surface area contributed by atoms with Crippen LogP contribution in [0.25, 0.3) is 0 Å². The number of fused-ring (bicyclic) bond motifs is 2. The van der Waals surface area contributed by atoms with Crippen LogP contribution in [0.1, 0.15) is 38.5 Å². The molecule has 2 aliphatic carbocycles. The second-order valence-electron chi connectivity index (χ2n) is 7.69. The Morgan fingerprint density at radius 1 is 1.29 bits per heavy atom. The molecule has 0 bridgehead atoms. The lowest BCUT2D eigenvalue weighted by atomic mass is 9.72. The molecular weight excluding hydrogens is 390 g/mol. The zero-order valence-electron chi connectivity index (χ0n) is 15.0. The van der Waals surface area contributed by atoms with Crippen LogP contribution in [0.2, 0.25) is 0 Å². The van der Waals surface area contributed by atoms with E-state index in [1.54, 1.807) is 6.08 Å².